The SMILES string of the molecule is O=C(CSc1nnc(CNC(=O)c2c(F)cccc2Cl)n1-c1ccc([N+](=O)[O-])cc1)Nc1ccccc1F. The number of rotatable bonds is 9. The zero-order chi connectivity index (χ0) is 27.2. The topological polar surface area (TPSA) is 132 Å². The molecule has 0 bridgehead atoms. The summed E-state index contributed by atoms with van der Waals surface area (Å²) in [6.45, 7) is -0.213. The largest absolute Gasteiger partial charge is 0.345 e. The minimum absolute atomic E-state index is 0.0187. The molecule has 14 heteroatoms. The summed E-state index contributed by atoms with van der Waals surface area (Å²) < 4.78 is 29.5. The Bertz CT molecular complexity index is 1500. The van der Waals surface area contributed by atoms with Crippen LogP contribution in [-0.4, -0.2) is 37.3 Å². The van der Waals surface area contributed by atoms with Gasteiger partial charge >= 0.3 is 0 Å². The maximum Gasteiger partial charge on any atom is 0.269 e. The molecule has 194 valence electrons. The van der Waals surface area contributed by atoms with Crippen LogP contribution in [-0.2, 0) is 11.3 Å². The predicted molar refractivity (Wildman–Crippen MR) is 136 cm³/mol. The molecular weight excluding hydrogens is 542 g/mol. The third kappa shape index (κ3) is 6.12. The van der Waals surface area contributed by atoms with E-state index in [1.165, 1.54) is 59.2 Å². The van der Waals surface area contributed by atoms with Crippen LogP contribution in [0.1, 0.15) is 16.2 Å². The van der Waals surface area contributed by atoms with Gasteiger partial charge in [-0.2, -0.15) is 0 Å². The smallest absolute Gasteiger partial charge is 0.269 e. The van der Waals surface area contributed by atoms with E-state index in [1.54, 1.807) is 6.07 Å². The van der Waals surface area contributed by atoms with Gasteiger partial charge in [-0.3, -0.25) is 24.3 Å². The Morgan fingerprint density at radius 1 is 1.00 bits per heavy atom. The lowest BCUT2D eigenvalue weighted by molar-refractivity contribution is -0.384. The van der Waals surface area contributed by atoms with Crippen molar-refractivity contribution >= 4 is 46.6 Å². The molecule has 0 unspecified atom stereocenters. The molecule has 10 nitrogen and oxygen atoms in total. The van der Waals surface area contributed by atoms with Crippen LogP contribution in [0.3, 0.4) is 0 Å². The van der Waals surface area contributed by atoms with Crippen LogP contribution in [0.15, 0.2) is 71.9 Å². The number of hydrogen-bond donors (Lipinski definition) is 2. The molecule has 2 N–H and O–H groups in total. The van der Waals surface area contributed by atoms with Crippen LogP contribution >= 0.6 is 23.4 Å². The van der Waals surface area contributed by atoms with E-state index in [2.05, 4.69) is 20.8 Å². The van der Waals surface area contributed by atoms with Gasteiger partial charge in [0.1, 0.15) is 11.6 Å². The zero-order valence-corrected chi connectivity index (χ0v) is 20.8. The minimum Gasteiger partial charge on any atom is -0.345 e. The monoisotopic (exact) mass is 558 g/mol. The van der Waals surface area contributed by atoms with Crippen molar-refractivity contribution in [3.63, 3.8) is 0 Å². The summed E-state index contributed by atoms with van der Waals surface area (Å²) in [5.41, 5.74) is -0.0600. The number of nitro benzene ring substituents is 1. The van der Waals surface area contributed by atoms with Gasteiger partial charge in [-0.25, -0.2) is 8.78 Å². The number of nitrogens with one attached hydrogen (secondary N) is 2. The van der Waals surface area contributed by atoms with Gasteiger partial charge in [0.25, 0.3) is 11.6 Å². The second-order valence-electron chi connectivity index (χ2n) is 7.60. The van der Waals surface area contributed by atoms with Crippen molar-refractivity contribution in [3.8, 4) is 5.69 Å². The first-order valence-corrected chi connectivity index (χ1v) is 12.2. The zero-order valence-electron chi connectivity index (χ0n) is 19.2. The summed E-state index contributed by atoms with van der Waals surface area (Å²) in [6, 6.07) is 15.0. The fraction of sp³-hybridized carbons (Fsp3) is 0.0833. The van der Waals surface area contributed by atoms with Crippen LogP contribution in [0.4, 0.5) is 20.2 Å². The molecule has 3 aromatic carbocycles. The third-order valence-corrected chi connectivity index (χ3v) is 6.34. The second kappa shape index (κ2) is 11.8. The Balaban J connectivity index is 1.56. The summed E-state index contributed by atoms with van der Waals surface area (Å²) in [7, 11) is 0. The average Bonchev–Trinajstić information content (AvgIpc) is 3.30. The highest BCUT2D eigenvalue weighted by atomic mass is 35.5. The number of carbonyl (C=O) groups is 2. The van der Waals surface area contributed by atoms with Crippen LogP contribution in [0.2, 0.25) is 5.02 Å². The lowest BCUT2D eigenvalue weighted by Crippen LogP contribution is -2.26. The van der Waals surface area contributed by atoms with Gasteiger partial charge < -0.3 is 10.6 Å². The molecule has 0 spiro atoms. The lowest BCUT2D eigenvalue weighted by Gasteiger charge is -2.12. The van der Waals surface area contributed by atoms with Gasteiger partial charge in [0.2, 0.25) is 5.91 Å². The van der Waals surface area contributed by atoms with Gasteiger partial charge in [-0.05, 0) is 36.4 Å². The molecule has 4 aromatic rings. The van der Waals surface area contributed by atoms with E-state index in [9.17, 15) is 28.5 Å². The van der Waals surface area contributed by atoms with Crippen molar-refractivity contribution in [3.05, 3.63) is 105 Å². The summed E-state index contributed by atoms with van der Waals surface area (Å²) in [6.07, 6.45) is 0. The molecule has 2 amide bonds. The molecule has 0 aliphatic rings. The van der Waals surface area contributed by atoms with E-state index in [1.807, 2.05) is 0 Å². The van der Waals surface area contributed by atoms with Crippen LogP contribution in [0.25, 0.3) is 5.69 Å². The maximum absolute atomic E-state index is 14.1. The highest BCUT2D eigenvalue weighted by molar-refractivity contribution is 7.99. The van der Waals surface area contributed by atoms with E-state index in [-0.39, 0.29) is 45.2 Å². The molecule has 0 aliphatic heterocycles. The fourth-order valence-corrected chi connectivity index (χ4v) is 4.35. The number of non-ortho nitro benzene ring substituents is 1. The number of anilines is 1. The Labute approximate surface area is 223 Å². The number of amides is 2. The van der Waals surface area contributed by atoms with E-state index in [4.69, 9.17) is 11.6 Å². The Kier molecular flexibility index (Phi) is 8.28. The van der Waals surface area contributed by atoms with Crippen molar-refractivity contribution in [2.45, 2.75) is 11.7 Å². The first-order chi connectivity index (χ1) is 18.2. The molecule has 0 fully saturated rings. The standard InChI is InChI=1S/C24H17ClF2N6O4S/c25-16-4-3-6-18(27)22(16)23(35)28-12-20-30-31-24(32(20)14-8-10-15(11-9-14)33(36)37)38-13-21(34)29-19-7-2-1-5-17(19)26/h1-11H,12-13H2,(H,28,35)(H,29,34). The van der Waals surface area contributed by atoms with Crippen molar-refractivity contribution < 1.29 is 23.3 Å². The molecule has 0 saturated heterocycles. The number of thioether (sulfide) groups is 1. The molecule has 0 atom stereocenters. The molecule has 4 rings (SSSR count). The maximum atomic E-state index is 14.1. The summed E-state index contributed by atoms with van der Waals surface area (Å²) in [5, 5.41) is 24.3. The number of carbonyl (C=O) groups excluding carboxylic acids is 2. The number of halogens is 3. The van der Waals surface area contributed by atoms with Crippen molar-refractivity contribution in [2.24, 2.45) is 0 Å². The average molecular weight is 559 g/mol. The molecule has 38 heavy (non-hydrogen) atoms. The molecule has 0 aliphatic carbocycles. The molecule has 1 heterocycles. The molecule has 1 aromatic heterocycles. The Hall–Kier alpha value is -4.36. The van der Waals surface area contributed by atoms with Gasteiger partial charge in [0.15, 0.2) is 11.0 Å². The minimum atomic E-state index is -0.802. The Morgan fingerprint density at radius 3 is 2.39 bits per heavy atom. The Morgan fingerprint density at radius 2 is 1.71 bits per heavy atom. The lowest BCUT2D eigenvalue weighted by atomic mass is 10.2. The number of nitro groups is 1. The van der Waals surface area contributed by atoms with Crippen LogP contribution in [0, 0.1) is 21.7 Å². The molecule has 0 saturated carbocycles. The predicted octanol–water partition coefficient (Wildman–Crippen LogP) is 4.77. The molecule has 0 radical (unpaired) electrons. The van der Waals surface area contributed by atoms with E-state index < -0.39 is 28.4 Å². The quantitative estimate of drug-likeness (QED) is 0.172. The van der Waals surface area contributed by atoms with Gasteiger partial charge in [0.05, 0.1) is 33.5 Å². The number of nitrogens with zero attached hydrogens (tertiary/aromatic N) is 4. The van der Waals surface area contributed by atoms with E-state index in [0.717, 1.165) is 17.8 Å². The van der Waals surface area contributed by atoms with E-state index >= 15 is 0 Å². The fourth-order valence-electron chi connectivity index (χ4n) is 3.33. The van der Waals surface area contributed by atoms with Crippen LogP contribution in [0.5, 0.6) is 0 Å². The first-order valence-electron chi connectivity index (χ1n) is 10.8. The van der Waals surface area contributed by atoms with Crippen molar-refractivity contribution in [1.29, 1.82) is 0 Å². The van der Waals surface area contributed by atoms with Crippen LogP contribution < -0.4 is 10.6 Å². The van der Waals surface area contributed by atoms with Gasteiger partial charge in [-0.15, -0.1) is 10.2 Å². The second-order valence-corrected chi connectivity index (χ2v) is 8.95. The highest BCUT2D eigenvalue weighted by Crippen LogP contribution is 2.25. The first kappa shape index (κ1) is 26.7. The van der Waals surface area contributed by atoms with Gasteiger partial charge in [0, 0.05) is 17.8 Å². The third-order valence-electron chi connectivity index (χ3n) is 5.10. The summed E-state index contributed by atoms with van der Waals surface area (Å²) in [4.78, 5) is 35.5. The number of hydrogen-bond acceptors (Lipinski definition) is 7. The van der Waals surface area contributed by atoms with Crippen molar-refractivity contribution in [2.75, 3.05) is 11.1 Å². The molecular formula is C24H17ClF2N6O4S. The number of para-hydroxylation sites is 1. The van der Waals surface area contributed by atoms with Crippen molar-refractivity contribution in [1.82, 2.24) is 20.1 Å². The summed E-state index contributed by atoms with van der Waals surface area (Å²) in [5.74, 6) is -2.67. The van der Waals surface area contributed by atoms with E-state index in [0.29, 0.717) is 5.69 Å². The number of benzene rings is 3. The number of aromatic nitrogens is 3. The summed E-state index contributed by atoms with van der Waals surface area (Å²) >= 11 is 6.93. The van der Waals surface area contributed by atoms with Gasteiger partial charge in [-0.1, -0.05) is 41.6 Å². The highest BCUT2D eigenvalue weighted by Gasteiger charge is 2.20. The normalized spacial score (nSPS) is 10.7.